The summed E-state index contributed by atoms with van der Waals surface area (Å²) < 4.78 is 5.28. The van der Waals surface area contributed by atoms with Crippen LogP contribution in [0.3, 0.4) is 0 Å². The van der Waals surface area contributed by atoms with E-state index in [1.165, 1.54) is 0 Å². The van der Waals surface area contributed by atoms with Gasteiger partial charge in [0, 0.05) is 10.4 Å². The number of ether oxygens (including phenoxy) is 1. The molecule has 3 aromatic rings. The Hall–Kier alpha value is -2.86. The van der Waals surface area contributed by atoms with Crippen LogP contribution in [-0.4, -0.2) is 18.1 Å². The van der Waals surface area contributed by atoms with Crippen LogP contribution in [0.25, 0.3) is 10.6 Å². The Kier molecular flexibility index (Phi) is 5.53. The third-order valence-electron chi connectivity index (χ3n) is 3.93. The van der Waals surface area contributed by atoms with E-state index in [2.05, 4.69) is 15.6 Å². The van der Waals surface area contributed by atoms with Crippen molar-refractivity contribution >= 4 is 23.1 Å². The van der Waals surface area contributed by atoms with Gasteiger partial charge in [0.2, 0.25) is 0 Å². The molecule has 5 nitrogen and oxygen atoms in total. The molecule has 0 aliphatic rings. The highest BCUT2D eigenvalue weighted by Crippen LogP contribution is 2.28. The van der Waals surface area contributed by atoms with Crippen molar-refractivity contribution in [3.8, 4) is 16.3 Å². The van der Waals surface area contributed by atoms with Crippen molar-refractivity contribution in [1.29, 1.82) is 0 Å². The second kappa shape index (κ2) is 8.01. The molecule has 0 aliphatic heterocycles. The maximum absolute atomic E-state index is 12.3. The third-order valence-corrected chi connectivity index (χ3v) is 5.13. The number of rotatable bonds is 5. The zero-order valence-corrected chi connectivity index (χ0v) is 15.8. The number of nitrogens with one attached hydrogen (secondary N) is 2. The first-order valence-corrected chi connectivity index (χ1v) is 9.09. The molecule has 0 radical (unpaired) electrons. The van der Waals surface area contributed by atoms with E-state index in [0.717, 1.165) is 26.7 Å². The molecule has 0 atom stereocenters. The maximum Gasteiger partial charge on any atom is 0.319 e. The first kappa shape index (κ1) is 17.9. The fourth-order valence-corrected chi connectivity index (χ4v) is 3.55. The molecule has 134 valence electrons. The largest absolute Gasteiger partial charge is 0.495 e. The summed E-state index contributed by atoms with van der Waals surface area (Å²) in [4.78, 5) is 17.9. The number of urea groups is 1. The van der Waals surface area contributed by atoms with Gasteiger partial charge in [0.15, 0.2) is 0 Å². The zero-order chi connectivity index (χ0) is 18.5. The summed E-state index contributed by atoms with van der Waals surface area (Å²) in [6.45, 7) is 4.35. The van der Waals surface area contributed by atoms with Crippen LogP contribution in [0.4, 0.5) is 10.5 Å². The third kappa shape index (κ3) is 4.21. The van der Waals surface area contributed by atoms with Gasteiger partial charge in [-0.2, -0.15) is 0 Å². The van der Waals surface area contributed by atoms with Gasteiger partial charge in [-0.1, -0.05) is 36.4 Å². The number of benzene rings is 2. The van der Waals surface area contributed by atoms with E-state index >= 15 is 0 Å². The first-order valence-electron chi connectivity index (χ1n) is 8.28. The number of hydrogen-bond donors (Lipinski definition) is 2. The van der Waals surface area contributed by atoms with Gasteiger partial charge in [0.25, 0.3) is 0 Å². The van der Waals surface area contributed by atoms with Crippen LogP contribution >= 0.6 is 11.3 Å². The minimum Gasteiger partial charge on any atom is -0.495 e. The SMILES string of the molecule is COc1ccc(C)cc1NC(=O)NCc1sc(-c2ccccc2)nc1C. The fourth-order valence-electron chi connectivity index (χ4n) is 2.54. The van der Waals surface area contributed by atoms with Crippen LogP contribution in [0.1, 0.15) is 16.1 Å². The standard InChI is InChI=1S/C20H21N3O2S/c1-13-9-10-17(25-3)16(11-13)23-20(24)21-12-18-14(2)22-19(26-18)15-7-5-4-6-8-15/h4-11H,12H2,1-3H3,(H2,21,23,24). The van der Waals surface area contributed by atoms with Crippen molar-refractivity contribution < 1.29 is 9.53 Å². The number of amides is 2. The molecule has 0 spiro atoms. The molecule has 1 aromatic heterocycles. The predicted octanol–water partition coefficient (Wildman–Crippen LogP) is 4.76. The van der Waals surface area contributed by atoms with E-state index < -0.39 is 0 Å². The monoisotopic (exact) mass is 367 g/mol. The molecule has 0 aliphatic carbocycles. The first-order chi connectivity index (χ1) is 12.6. The molecule has 0 saturated carbocycles. The van der Waals surface area contributed by atoms with Crippen molar-refractivity contribution in [2.75, 3.05) is 12.4 Å². The molecule has 0 fully saturated rings. The van der Waals surface area contributed by atoms with Gasteiger partial charge in [-0.15, -0.1) is 11.3 Å². The number of nitrogens with zero attached hydrogens (tertiary/aromatic N) is 1. The Bertz CT molecular complexity index is 907. The predicted molar refractivity (Wildman–Crippen MR) is 106 cm³/mol. The van der Waals surface area contributed by atoms with Crippen molar-refractivity contribution in [3.05, 3.63) is 64.7 Å². The van der Waals surface area contributed by atoms with E-state index in [0.29, 0.717) is 18.0 Å². The average Bonchev–Trinajstić information content (AvgIpc) is 3.02. The van der Waals surface area contributed by atoms with Crippen molar-refractivity contribution in [2.24, 2.45) is 0 Å². The van der Waals surface area contributed by atoms with Gasteiger partial charge in [0.1, 0.15) is 10.8 Å². The highest BCUT2D eigenvalue weighted by atomic mass is 32.1. The summed E-state index contributed by atoms with van der Waals surface area (Å²) in [6, 6.07) is 15.4. The molecule has 1 heterocycles. The molecule has 2 aromatic carbocycles. The molecule has 0 bridgehead atoms. The van der Waals surface area contributed by atoms with Gasteiger partial charge >= 0.3 is 6.03 Å². The van der Waals surface area contributed by atoms with E-state index in [-0.39, 0.29) is 6.03 Å². The number of aromatic nitrogens is 1. The van der Waals surface area contributed by atoms with Crippen LogP contribution in [0.2, 0.25) is 0 Å². The molecule has 2 N–H and O–H groups in total. The molecule has 2 amide bonds. The van der Waals surface area contributed by atoms with Crippen LogP contribution in [-0.2, 0) is 6.54 Å². The fraction of sp³-hybridized carbons (Fsp3) is 0.200. The van der Waals surface area contributed by atoms with Crippen LogP contribution in [0.15, 0.2) is 48.5 Å². The molecule has 3 rings (SSSR count). The lowest BCUT2D eigenvalue weighted by Crippen LogP contribution is -2.28. The second-order valence-corrected chi connectivity index (χ2v) is 6.99. The molecular weight excluding hydrogens is 346 g/mol. The number of thiazole rings is 1. The van der Waals surface area contributed by atoms with Crippen LogP contribution < -0.4 is 15.4 Å². The number of carbonyl (C=O) groups is 1. The van der Waals surface area contributed by atoms with Crippen LogP contribution in [0, 0.1) is 13.8 Å². The Labute approximate surface area is 157 Å². The smallest absolute Gasteiger partial charge is 0.319 e. The summed E-state index contributed by atoms with van der Waals surface area (Å²) in [7, 11) is 1.58. The molecular formula is C20H21N3O2S. The highest BCUT2D eigenvalue weighted by Gasteiger charge is 2.12. The summed E-state index contributed by atoms with van der Waals surface area (Å²) in [6.07, 6.45) is 0. The van der Waals surface area contributed by atoms with E-state index in [4.69, 9.17) is 4.74 Å². The number of hydrogen-bond acceptors (Lipinski definition) is 4. The van der Waals surface area contributed by atoms with Crippen LogP contribution in [0.5, 0.6) is 5.75 Å². The lowest BCUT2D eigenvalue weighted by atomic mass is 10.2. The van der Waals surface area contributed by atoms with E-state index in [1.807, 2.05) is 62.4 Å². The highest BCUT2D eigenvalue weighted by molar-refractivity contribution is 7.15. The molecule has 26 heavy (non-hydrogen) atoms. The summed E-state index contributed by atoms with van der Waals surface area (Å²) in [5.74, 6) is 0.631. The lowest BCUT2D eigenvalue weighted by molar-refractivity contribution is 0.251. The Balaban J connectivity index is 1.65. The van der Waals surface area contributed by atoms with Gasteiger partial charge < -0.3 is 15.4 Å². The Morgan fingerprint density at radius 2 is 1.92 bits per heavy atom. The number of carbonyl (C=O) groups excluding carboxylic acids is 1. The lowest BCUT2D eigenvalue weighted by Gasteiger charge is -2.11. The Morgan fingerprint density at radius 3 is 2.65 bits per heavy atom. The molecule has 0 unspecified atom stereocenters. The van der Waals surface area contributed by atoms with E-state index in [9.17, 15) is 4.79 Å². The van der Waals surface area contributed by atoms with Gasteiger partial charge in [0.05, 0.1) is 25.0 Å². The average molecular weight is 367 g/mol. The van der Waals surface area contributed by atoms with Gasteiger partial charge in [-0.3, -0.25) is 0 Å². The van der Waals surface area contributed by atoms with Crippen molar-refractivity contribution in [2.45, 2.75) is 20.4 Å². The minimum absolute atomic E-state index is 0.275. The van der Waals surface area contributed by atoms with Gasteiger partial charge in [-0.05, 0) is 31.5 Å². The van der Waals surface area contributed by atoms with Crippen molar-refractivity contribution in [3.63, 3.8) is 0 Å². The second-order valence-electron chi connectivity index (χ2n) is 5.91. The topological polar surface area (TPSA) is 63.2 Å². The molecule has 0 saturated heterocycles. The number of anilines is 1. The van der Waals surface area contributed by atoms with Gasteiger partial charge in [-0.25, -0.2) is 9.78 Å². The summed E-state index contributed by atoms with van der Waals surface area (Å²) >= 11 is 1.59. The summed E-state index contributed by atoms with van der Waals surface area (Å²) in [5.41, 5.74) is 3.71. The Morgan fingerprint density at radius 1 is 1.15 bits per heavy atom. The number of aryl methyl sites for hydroxylation is 2. The summed E-state index contributed by atoms with van der Waals surface area (Å²) in [5, 5.41) is 6.69. The zero-order valence-electron chi connectivity index (χ0n) is 15.0. The van der Waals surface area contributed by atoms with Crippen molar-refractivity contribution in [1.82, 2.24) is 10.3 Å². The molecule has 6 heteroatoms. The normalized spacial score (nSPS) is 10.4. The minimum atomic E-state index is -0.275. The maximum atomic E-state index is 12.3. The van der Waals surface area contributed by atoms with E-state index in [1.54, 1.807) is 18.4 Å². The number of methoxy groups -OCH3 is 1. The quantitative estimate of drug-likeness (QED) is 0.683.